The van der Waals surface area contributed by atoms with Crippen LogP contribution in [0.3, 0.4) is 0 Å². The summed E-state index contributed by atoms with van der Waals surface area (Å²) in [5.74, 6) is 0.369. The Kier molecular flexibility index (Phi) is 7.29. The zero-order valence-corrected chi connectivity index (χ0v) is 23.9. The lowest BCUT2D eigenvalue weighted by Gasteiger charge is -2.33. The maximum atomic E-state index is 13.3. The predicted molar refractivity (Wildman–Crippen MR) is 159 cm³/mol. The molecule has 1 saturated heterocycles. The number of hydrogen-bond donors (Lipinski definition) is 4. The molecule has 0 saturated carbocycles. The van der Waals surface area contributed by atoms with Crippen molar-refractivity contribution in [2.45, 2.75) is 38.8 Å². The molecule has 2 aromatic heterocycles. The van der Waals surface area contributed by atoms with Gasteiger partial charge in [0.2, 0.25) is 0 Å². The van der Waals surface area contributed by atoms with Crippen LogP contribution in [0, 0.1) is 13.8 Å². The van der Waals surface area contributed by atoms with E-state index in [9.17, 15) is 19.5 Å². The first kappa shape index (κ1) is 27.7. The molecule has 4 heterocycles. The maximum absolute atomic E-state index is 13.3. The highest BCUT2D eigenvalue weighted by Crippen LogP contribution is 2.32. The van der Waals surface area contributed by atoms with Gasteiger partial charge in [-0.3, -0.25) is 19.3 Å². The van der Waals surface area contributed by atoms with E-state index in [0.29, 0.717) is 33.6 Å². The Labute approximate surface area is 242 Å². The first-order chi connectivity index (χ1) is 20.2. The number of aromatic amines is 2. The van der Waals surface area contributed by atoms with E-state index in [1.165, 1.54) is 11.1 Å². The number of carbonyl (C=O) groups excluding carboxylic acids is 2. The zero-order chi connectivity index (χ0) is 29.5. The normalized spacial score (nSPS) is 16.7. The quantitative estimate of drug-likeness (QED) is 0.237. The van der Waals surface area contributed by atoms with Gasteiger partial charge in [0.25, 0.3) is 17.4 Å². The van der Waals surface area contributed by atoms with Crippen LogP contribution in [-0.2, 0) is 0 Å². The highest BCUT2D eigenvalue weighted by molar-refractivity contribution is 6.23. The molecule has 4 aromatic rings. The van der Waals surface area contributed by atoms with E-state index < -0.39 is 6.10 Å². The van der Waals surface area contributed by atoms with Crippen molar-refractivity contribution >= 4 is 28.5 Å². The van der Waals surface area contributed by atoms with Gasteiger partial charge in [0.15, 0.2) is 0 Å². The van der Waals surface area contributed by atoms with Crippen molar-refractivity contribution in [1.29, 1.82) is 0 Å². The standard InChI is InChI=1S/C31H34N6O5/c1-17-4-5-21(12-18(17)2)42-16-20(38)15-33-24-6-9-32-29(39)27(24)28-34-25-13-22-23(14-26(25)35-28)31(41)37(30(22)40)19-7-10-36(3)11-8-19/h4-6,9,12-14,19-20,38H,7-8,10-11,15-16H2,1-3H3,(H,34,35)(H2,32,33,39). The first-order valence-corrected chi connectivity index (χ1v) is 14.1. The molecular formula is C31H34N6O5. The molecular weight excluding hydrogens is 536 g/mol. The highest BCUT2D eigenvalue weighted by atomic mass is 16.5. The lowest BCUT2D eigenvalue weighted by atomic mass is 10.0. The van der Waals surface area contributed by atoms with Crippen molar-refractivity contribution < 1.29 is 19.4 Å². The van der Waals surface area contributed by atoms with Crippen LogP contribution in [0.5, 0.6) is 5.75 Å². The number of rotatable bonds is 8. The second kappa shape index (κ2) is 11.1. The molecule has 1 atom stereocenters. The first-order valence-electron chi connectivity index (χ1n) is 14.1. The number of imide groups is 1. The summed E-state index contributed by atoms with van der Waals surface area (Å²) in [5, 5.41) is 13.7. The van der Waals surface area contributed by atoms with Crippen LogP contribution in [0.15, 0.2) is 47.4 Å². The third-order valence-corrected chi connectivity index (χ3v) is 8.22. The molecule has 0 spiro atoms. The van der Waals surface area contributed by atoms with Gasteiger partial charge in [-0.2, -0.15) is 0 Å². The summed E-state index contributed by atoms with van der Waals surface area (Å²) in [6, 6.07) is 10.6. The Morgan fingerprint density at radius 1 is 1.05 bits per heavy atom. The van der Waals surface area contributed by atoms with E-state index in [-0.39, 0.29) is 48.0 Å². The molecule has 42 heavy (non-hydrogen) atoms. The number of ether oxygens (including phenoxy) is 1. The highest BCUT2D eigenvalue weighted by Gasteiger charge is 2.41. The van der Waals surface area contributed by atoms with Crippen LogP contribution < -0.4 is 15.6 Å². The summed E-state index contributed by atoms with van der Waals surface area (Å²) >= 11 is 0. The maximum Gasteiger partial charge on any atom is 0.261 e. The number of aliphatic hydroxyl groups is 1. The minimum atomic E-state index is -0.845. The van der Waals surface area contributed by atoms with Crippen LogP contribution in [0.25, 0.3) is 22.4 Å². The van der Waals surface area contributed by atoms with Gasteiger partial charge in [-0.1, -0.05) is 6.07 Å². The molecule has 0 bridgehead atoms. The number of aromatic nitrogens is 3. The molecule has 2 aromatic carbocycles. The van der Waals surface area contributed by atoms with Crippen LogP contribution in [0.1, 0.15) is 44.7 Å². The third-order valence-electron chi connectivity index (χ3n) is 8.22. The number of likely N-dealkylation sites (tertiary alicyclic amines) is 1. The minimum Gasteiger partial charge on any atom is -0.491 e. The van der Waals surface area contributed by atoms with Gasteiger partial charge >= 0.3 is 0 Å². The number of aliphatic hydroxyl groups excluding tert-OH is 1. The summed E-state index contributed by atoms with van der Waals surface area (Å²) in [6.07, 6.45) is 2.17. The number of aryl methyl sites for hydroxylation is 2. The average molecular weight is 571 g/mol. The number of piperidine rings is 1. The van der Waals surface area contributed by atoms with Crippen molar-refractivity contribution in [2.75, 3.05) is 38.6 Å². The number of H-pyrrole nitrogens is 2. The van der Waals surface area contributed by atoms with E-state index in [4.69, 9.17) is 4.74 Å². The topological polar surface area (TPSA) is 144 Å². The van der Waals surface area contributed by atoms with Crippen LogP contribution >= 0.6 is 0 Å². The van der Waals surface area contributed by atoms with Crippen molar-refractivity contribution in [3.05, 3.63) is 75.2 Å². The monoisotopic (exact) mass is 570 g/mol. The molecule has 1 fully saturated rings. The van der Waals surface area contributed by atoms with Crippen molar-refractivity contribution in [2.24, 2.45) is 0 Å². The molecule has 0 aliphatic carbocycles. The number of imidazole rings is 1. The number of hydrogen-bond acceptors (Lipinski definition) is 8. The molecule has 2 aliphatic heterocycles. The fourth-order valence-electron chi connectivity index (χ4n) is 5.61. The number of amides is 2. The number of benzene rings is 2. The molecule has 0 radical (unpaired) electrons. The predicted octanol–water partition coefficient (Wildman–Crippen LogP) is 3.08. The Morgan fingerprint density at radius 3 is 2.52 bits per heavy atom. The third kappa shape index (κ3) is 5.17. The number of nitrogens with zero attached hydrogens (tertiary/aromatic N) is 3. The molecule has 2 aliphatic rings. The van der Waals surface area contributed by atoms with Gasteiger partial charge < -0.3 is 30.0 Å². The molecule has 1 unspecified atom stereocenters. The Hall–Kier alpha value is -4.48. The summed E-state index contributed by atoms with van der Waals surface area (Å²) in [7, 11) is 2.03. The SMILES string of the molecule is Cc1ccc(OCC(O)CNc2cc[nH]c(=O)c2-c2nc3cc4c(cc3[nH]2)C(=O)N(C2CCN(C)CC2)C4=O)cc1C. The van der Waals surface area contributed by atoms with E-state index in [2.05, 4.69) is 25.2 Å². The zero-order valence-electron chi connectivity index (χ0n) is 23.9. The minimum absolute atomic E-state index is 0.0703. The largest absolute Gasteiger partial charge is 0.491 e. The summed E-state index contributed by atoms with van der Waals surface area (Å²) in [6.45, 7) is 5.90. The van der Waals surface area contributed by atoms with Gasteiger partial charge in [0, 0.05) is 18.8 Å². The molecule has 218 valence electrons. The number of anilines is 1. The van der Waals surface area contributed by atoms with Crippen molar-refractivity contribution in [3.8, 4) is 17.1 Å². The lowest BCUT2D eigenvalue weighted by Crippen LogP contribution is -2.46. The number of nitrogens with one attached hydrogen (secondary N) is 3. The Balaban J connectivity index is 1.20. The molecule has 11 nitrogen and oxygen atoms in total. The number of fused-ring (bicyclic) bond motifs is 2. The van der Waals surface area contributed by atoms with Crippen molar-refractivity contribution in [1.82, 2.24) is 24.8 Å². The summed E-state index contributed by atoms with van der Waals surface area (Å²) < 4.78 is 5.74. The second-order valence-electron chi connectivity index (χ2n) is 11.2. The van der Waals surface area contributed by atoms with Gasteiger partial charge in [-0.15, -0.1) is 0 Å². The summed E-state index contributed by atoms with van der Waals surface area (Å²) in [5.41, 5.74) is 4.30. The number of carbonyl (C=O) groups is 2. The van der Waals surface area contributed by atoms with Gasteiger partial charge in [0.05, 0.1) is 27.8 Å². The van der Waals surface area contributed by atoms with Crippen LogP contribution in [0.2, 0.25) is 0 Å². The second-order valence-corrected chi connectivity index (χ2v) is 11.2. The Morgan fingerprint density at radius 2 is 1.79 bits per heavy atom. The van der Waals surface area contributed by atoms with E-state index >= 15 is 0 Å². The molecule has 4 N–H and O–H groups in total. The van der Waals surface area contributed by atoms with Crippen LogP contribution in [0.4, 0.5) is 5.69 Å². The van der Waals surface area contributed by atoms with E-state index in [0.717, 1.165) is 37.1 Å². The van der Waals surface area contributed by atoms with Gasteiger partial charge in [0.1, 0.15) is 29.8 Å². The summed E-state index contributed by atoms with van der Waals surface area (Å²) in [4.78, 5) is 53.5. The molecule has 2 amide bonds. The van der Waals surface area contributed by atoms with Crippen LogP contribution in [-0.4, -0.2) is 87.1 Å². The Bertz CT molecular complexity index is 1680. The molecule has 6 rings (SSSR count). The smallest absolute Gasteiger partial charge is 0.261 e. The van der Waals surface area contributed by atoms with E-state index in [1.807, 2.05) is 39.1 Å². The number of pyridine rings is 1. The lowest BCUT2D eigenvalue weighted by molar-refractivity contribution is 0.0516. The van der Waals surface area contributed by atoms with Crippen molar-refractivity contribution in [3.63, 3.8) is 0 Å². The fraction of sp³-hybridized carbons (Fsp3) is 0.355. The molecule has 11 heteroatoms. The van der Waals surface area contributed by atoms with E-state index in [1.54, 1.807) is 18.2 Å². The van der Waals surface area contributed by atoms with Gasteiger partial charge in [-0.05, 0) is 88.3 Å². The van der Waals surface area contributed by atoms with Gasteiger partial charge in [-0.25, -0.2) is 4.98 Å². The fourth-order valence-corrected chi connectivity index (χ4v) is 5.61. The average Bonchev–Trinajstić information content (AvgIpc) is 3.49.